The summed E-state index contributed by atoms with van der Waals surface area (Å²) in [5.41, 5.74) is 7.36. The number of ether oxygens (including phenoxy) is 1. The number of hydrogen-bond acceptors (Lipinski definition) is 4. The molecule has 6 nitrogen and oxygen atoms in total. The Bertz CT molecular complexity index is 287. The number of allylic oxidation sites excluding steroid dienone is 1. The number of azide groups is 1. The quantitative estimate of drug-likeness (QED) is 0.171. The van der Waals surface area contributed by atoms with Gasteiger partial charge >= 0.3 is 5.97 Å². The van der Waals surface area contributed by atoms with E-state index in [9.17, 15) is 4.79 Å². The molecule has 0 radical (unpaired) electrons. The van der Waals surface area contributed by atoms with E-state index >= 15 is 0 Å². The molecule has 0 bridgehead atoms. The van der Waals surface area contributed by atoms with Crippen molar-refractivity contribution in [3.8, 4) is 0 Å². The molecule has 0 aliphatic heterocycles. The van der Waals surface area contributed by atoms with E-state index in [4.69, 9.17) is 10.3 Å². The zero-order chi connectivity index (χ0) is 12.4. The van der Waals surface area contributed by atoms with Gasteiger partial charge in [-0.05, 0) is 25.3 Å². The Labute approximate surface area is 95.3 Å². The third-order valence-electron chi connectivity index (χ3n) is 2.27. The van der Waals surface area contributed by atoms with Crippen LogP contribution >= 0.6 is 0 Å². The summed E-state index contributed by atoms with van der Waals surface area (Å²) in [6.45, 7) is 6.11. The molecule has 90 valence electrons. The first kappa shape index (κ1) is 14.5. The van der Waals surface area contributed by atoms with Crippen molar-refractivity contribution in [3.63, 3.8) is 0 Å². The minimum Gasteiger partial charge on any atom is -0.468 e. The van der Waals surface area contributed by atoms with Crippen LogP contribution in [0.5, 0.6) is 0 Å². The first-order chi connectivity index (χ1) is 7.60. The summed E-state index contributed by atoms with van der Waals surface area (Å²) in [4.78, 5) is 14.2. The Morgan fingerprint density at radius 2 is 2.44 bits per heavy atom. The van der Waals surface area contributed by atoms with Crippen molar-refractivity contribution in [2.75, 3.05) is 20.2 Å². The third kappa shape index (κ3) is 4.82. The maximum atomic E-state index is 11.6. The molecule has 0 aliphatic carbocycles. The van der Waals surface area contributed by atoms with Crippen LogP contribution in [-0.4, -0.2) is 31.7 Å². The Morgan fingerprint density at radius 3 is 2.94 bits per heavy atom. The number of nitrogens with one attached hydrogen (secondary N) is 1. The van der Waals surface area contributed by atoms with Crippen LogP contribution in [-0.2, 0) is 9.53 Å². The number of esters is 1. The summed E-state index contributed by atoms with van der Waals surface area (Å²) in [6, 6.07) is 0. The molecule has 0 aromatic heterocycles. The summed E-state index contributed by atoms with van der Waals surface area (Å²) in [5.74, 6) is -0.324. The topological polar surface area (TPSA) is 87.1 Å². The predicted molar refractivity (Wildman–Crippen MR) is 61.9 cm³/mol. The summed E-state index contributed by atoms with van der Waals surface area (Å²) in [7, 11) is 1.35. The van der Waals surface area contributed by atoms with Crippen molar-refractivity contribution < 1.29 is 9.53 Å². The Hall–Kier alpha value is -1.52. The average molecular weight is 226 g/mol. The molecule has 0 spiro atoms. The van der Waals surface area contributed by atoms with Gasteiger partial charge in [0.25, 0.3) is 0 Å². The largest absolute Gasteiger partial charge is 0.468 e. The van der Waals surface area contributed by atoms with Crippen LogP contribution in [0.3, 0.4) is 0 Å². The van der Waals surface area contributed by atoms with Crippen molar-refractivity contribution in [1.82, 2.24) is 5.32 Å². The maximum Gasteiger partial charge on any atom is 0.325 e. The van der Waals surface area contributed by atoms with Crippen molar-refractivity contribution in [2.24, 2.45) is 5.11 Å². The number of carbonyl (C=O) groups excluding carboxylic acids is 1. The predicted octanol–water partition coefficient (Wildman–Crippen LogP) is 1.78. The minimum atomic E-state index is -0.756. The van der Waals surface area contributed by atoms with Gasteiger partial charge in [-0.25, -0.2) is 0 Å². The van der Waals surface area contributed by atoms with Crippen LogP contribution in [0.15, 0.2) is 17.8 Å². The molecule has 1 N–H and O–H groups in total. The van der Waals surface area contributed by atoms with Gasteiger partial charge in [-0.15, -0.1) is 6.58 Å². The zero-order valence-corrected chi connectivity index (χ0v) is 9.77. The molecule has 0 saturated carbocycles. The molecule has 16 heavy (non-hydrogen) atoms. The Balaban J connectivity index is 4.34. The summed E-state index contributed by atoms with van der Waals surface area (Å²) >= 11 is 0. The fraction of sp³-hybridized carbons (Fsp3) is 0.700. The lowest BCUT2D eigenvalue weighted by molar-refractivity contribution is -0.148. The van der Waals surface area contributed by atoms with E-state index in [-0.39, 0.29) is 5.97 Å². The average Bonchev–Trinajstić information content (AvgIpc) is 2.31. The van der Waals surface area contributed by atoms with Crippen LogP contribution in [0.2, 0.25) is 0 Å². The molecule has 1 atom stereocenters. The highest BCUT2D eigenvalue weighted by atomic mass is 16.5. The van der Waals surface area contributed by atoms with Crippen molar-refractivity contribution >= 4 is 5.97 Å². The van der Waals surface area contributed by atoms with E-state index in [2.05, 4.69) is 21.9 Å². The molecular formula is C10H18N4O2. The lowest BCUT2D eigenvalue weighted by atomic mass is 9.96. The molecule has 0 aromatic rings. The number of methoxy groups -OCH3 is 1. The highest BCUT2D eigenvalue weighted by molar-refractivity contribution is 5.80. The molecular weight excluding hydrogens is 208 g/mol. The fourth-order valence-corrected chi connectivity index (χ4v) is 1.31. The first-order valence-corrected chi connectivity index (χ1v) is 5.06. The van der Waals surface area contributed by atoms with Gasteiger partial charge in [0.15, 0.2) is 0 Å². The van der Waals surface area contributed by atoms with Crippen molar-refractivity contribution in [1.29, 1.82) is 0 Å². The van der Waals surface area contributed by atoms with Gasteiger partial charge in [-0.3, -0.25) is 4.79 Å². The Morgan fingerprint density at radius 1 is 1.75 bits per heavy atom. The summed E-state index contributed by atoms with van der Waals surface area (Å²) < 4.78 is 4.73. The highest BCUT2D eigenvalue weighted by Gasteiger charge is 2.32. The normalized spacial score (nSPS) is 13.4. The van der Waals surface area contributed by atoms with Gasteiger partial charge in [0.1, 0.15) is 5.54 Å². The van der Waals surface area contributed by atoms with E-state index in [0.29, 0.717) is 25.9 Å². The molecule has 6 heteroatoms. The van der Waals surface area contributed by atoms with E-state index in [0.717, 1.165) is 0 Å². The molecule has 0 aromatic carbocycles. The van der Waals surface area contributed by atoms with Gasteiger partial charge in [-0.1, -0.05) is 11.2 Å². The third-order valence-corrected chi connectivity index (χ3v) is 2.27. The van der Waals surface area contributed by atoms with E-state index in [1.165, 1.54) is 7.11 Å². The first-order valence-electron chi connectivity index (χ1n) is 5.06. The van der Waals surface area contributed by atoms with Gasteiger partial charge in [-0.2, -0.15) is 0 Å². The maximum absolute atomic E-state index is 11.6. The molecule has 0 amide bonds. The summed E-state index contributed by atoms with van der Waals surface area (Å²) in [6.07, 6.45) is 3.05. The Kier molecular flexibility index (Phi) is 7.00. The lowest BCUT2D eigenvalue weighted by Gasteiger charge is -2.27. The molecule has 0 rings (SSSR count). The monoisotopic (exact) mass is 226 g/mol. The van der Waals surface area contributed by atoms with Crippen LogP contribution in [0, 0.1) is 0 Å². The van der Waals surface area contributed by atoms with E-state index < -0.39 is 5.54 Å². The fourth-order valence-electron chi connectivity index (χ4n) is 1.31. The molecule has 0 saturated heterocycles. The second kappa shape index (κ2) is 7.73. The van der Waals surface area contributed by atoms with Crippen LogP contribution < -0.4 is 5.32 Å². The second-order valence-corrected chi connectivity index (χ2v) is 3.53. The van der Waals surface area contributed by atoms with Crippen molar-refractivity contribution in [3.05, 3.63) is 23.1 Å². The highest BCUT2D eigenvalue weighted by Crippen LogP contribution is 2.14. The SMILES string of the molecule is C=CCCC(C)(NCCN=[N+]=[N-])C(=O)OC. The number of rotatable bonds is 8. The van der Waals surface area contributed by atoms with Crippen LogP contribution in [0.25, 0.3) is 10.4 Å². The molecule has 1 unspecified atom stereocenters. The van der Waals surface area contributed by atoms with Gasteiger partial charge in [0, 0.05) is 18.0 Å². The van der Waals surface area contributed by atoms with Crippen LogP contribution in [0.4, 0.5) is 0 Å². The molecule has 0 fully saturated rings. The van der Waals surface area contributed by atoms with Gasteiger partial charge in [0.05, 0.1) is 7.11 Å². The second-order valence-electron chi connectivity index (χ2n) is 3.53. The number of carbonyl (C=O) groups is 1. The lowest BCUT2D eigenvalue weighted by Crippen LogP contribution is -2.50. The zero-order valence-electron chi connectivity index (χ0n) is 9.77. The standard InChI is InChI=1S/C10H18N4O2/c1-4-5-6-10(2,9(15)16-3)12-7-8-13-14-11/h4,12H,1,5-8H2,2-3H3. The summed E-state index contributed by atoms with van der Waals surface area (Å²) in [5, 5.41) is 6.42. The van der Waals surface area contributed by atoms with E-state index in [1.54, 1.807) is 13.0 Å². The van der Waals surface area contributed by atoms with Gasteiger partial charge < -0.3 is 10.1 Å². The molecule has 0 aliphatic rings. The number of hydrogen-bond donors (Lipinski definition) is 1. The van der Waals surface area contributed by atoms with Crippen LogP contribution in [0.1, 0.15) is 19.8 Å². The number of nitrogens with zero attached hydrogens (tertiary/aromatic N) is 3. The smallest absolute Gasteiger partial charge is 0.325 e. The molecule has 0 heterocycles. The van der Waals surface area contributed by atoms with E-state index in [1.807, 2.05) is 0 Å². The van der Waals surface area contributed by atoms with Gasteiger partial charge in [0.2, 0.25) is 0 Å². The van der Waals surface area contributed by atoms with Crippen molar-refractivity contribution in [2.45, 2.75) is 25.3 Å². The minimum absolute atomic E-state index is 0.303.